The van der Waals surface area contributed by atoms with Gasteiger partial charge in [-0.05, 0) is 24.6 Å². The molecule has 0 aliphatic heterocycles. The van der Waals surface area contributed by atoms with E-state index in [-0.39, 0.29) is 12.2 Å². The summed E-state index contributed by atoms with van der Waals surface area (Å²) >= 11 is 3.41. The van der Waals surface area contributed by atoms with Crippen molar-refractivity contribution in [3.05, 3.63) is 45.7 Å². The van der Waals surface area contributed by atoms with Crippen molar-refractivity contribution in [2.75, 3.05) is 0 Å². The van der Waals surface area contributed by atoms with Gasteiger partial charge in [0.15, 0.2) is 5.78 Å². The molecular weight excluding hydrogens is 282 g/mol. The van der Waals surface area contributed by atoms with Crippen LogP contribution in [-0.4, -0.2) is 20.8 Å². The lowest BCUT2D eigenvalue weighted by molar-refractivity contribution is 0.0992. The highest BCUT2D eigenvalue weighted by Gasteiger charge is 2.10. The van der Waals surface area contributed by atoms with E-state index in [0.29, 0.717) is 11.3 Å². The smallest absolute Gasteiger partial charge is 0.168 e. The van der Waals surface area contributed by atoms with Crippen molar-refractivity contribution in [2.24, 2.45) is 7.05 Å². The molecule has 0 radical (unpaired) electrons. The van der Waals surface area contributed by atoms with Gasteiger partial charge in [0.25, 0.3) is 0 Å². The molecule has 0 bridgehead atoms. The van der Waals surface area contributed by atoms with Crippen LogP contribution in [0, 0.1) is 6.92 Å². The summed E-state index contributed by atoms with van der Waals surface area (Å²) in [7, 11) is 1.78. The quantitative estimate of drug-likeness (QED) is 0.816. The van der Waals surface area contributed by atoms with Crippen LogP contribution >= 0.6 is 15.9 Å². The van der Waals surface area contributed by atoms with Gasteiger partial charge in [-0.3, -0.25) is 9.48 Å². The molecule has 5 heteroatoms. The summed E-state index contributed by atoms with van der Waals surface area (Å²) in [4.78, 5) is 12.0. The minimum Gasteiger partial charge on any atom is -0.294 e. The molecule has 1 aromatic carbocycles. The zero-order valence-corrected chi connectivity index (χ0v) is 11.2. The highest BCUT2D eigenvalue weighted by molar-refractivity contribution is 9.10. The topological polar surface area (TPSA) is 47.8 Å². The third-order valence-corrected chi connectivity index (χ3v) is 3.36. The van der Waals surface area contributed by atoms with Crippen LogP contribution < -0.4 is 0 Å². The molecule has 4 nitrogen and oxygen atoms in total. The number of carbonyl (C=O) groups excluding carboxylic acids is 1. The van der Waals surface area contributed by atoms with Gasteiger partial charge in [-0.25, -0.2) is 0 Å². The number of hydrogen-bond acceptors (Lipinski definition) is 3. The van der Waals surface area contributed by atoms with Gasteiger partial charge in [0.1, 0.15) is 0 Å². The molecule has 0 unspecified atom stereocenters. The third kappa shape index (κ3) is 2.79. The number of ketones is 1. The molecule has 17 heavy (non-hydrogen) atoms. The zero-order chi connectivity index (χ0) is 12.4. The summed E-state index contributed by atoms with van der Waals surface area (Å²) in [5.74, 6) is 0.0566. The Bertz CT molecular complexity index is 563. The summed E-state index contributed by atoms with van der Waals surface area (Å²) in [5.41, 5.74) is 2.45. The molecule has 0 spiro atoms. The minimum absolute atomic E-state index is 0.0566. The molecule has 2 aromatic rings. The first-order chi connectivity index (χ1) is 8.06. The summed E-state index contributed by atoms with van der Waals surface area (Å²) in [6.45, 7) is 1.96. The number of nitrogens with zero attached hydrogens (tertiary/aromatic N) is 3. The van der Waals surface area contributed by atoms with E-state index in [1.807, 2.05) is 25.1 Å². The van der Waals surface area contributed by atoms with Gasteiger partial charge in [-0.15, -0.1) is 5.10 Å². The number of Topliss-reactive ketones (excluding diaryl/α,β-unsaturated/α-hetero) is 1. The number of rotatable bonds is 3. The Morgan fingerprint density at radius 1 is 1.47 bits per heavy atom. The van der Waals surface area contributed by atoms with Gasteiger partial charge in [-0.1, -0.05) is 27.2 Å². The van der Waals surface area contributed by atoms with Crippen LogP contribution in [0.4, 0.5) is 0 Å². The van der Waals surface area contributed by atoms with Crippen molar-refractivity contribution in [1.82, 2.24) is 15.0 Å². The van der Waals surface area contributed by atoms with Gasteiger partial charge in [0, 0.05) is 23.3 Å². The first kappa shape index (κ1) is 12.0. The van der Waals surface area contributed by atoms with E-state index in [1.54, 1.807) is 17.9 Å². The number of halogens is 1. The third-order valence-electron chi connectivity index (χ3n) is 2.47. The number of hydrogen-bond donors (Lipinski definition) is 0. The molecule has 0 saturated carbocycles. The van der Waals surface area contributed by atoms with Crippen molar-refractivity contribution in [2.45, 2.75) is 13.3 Å². The van der Waals surface area contributed by atoms with Crippen LogP contribution in [0.1, 0.15) is 21.6 Å². The van der Waals surface area contributed by atoms with Crippen LogP contribution in [0.15, 0.2) is 28.9 Å². The second kappa shape index (κ2) is 4.79. The van der Waals surface area contributed by atoms with E-state index in [0.717, 1.165) is 10.0 Å². The van der Waals surface area contributed by atoms with Crippen molar-refractivity contribution < 1.29 is 4.79 Å². The van der Waals surface area contributed by atoms with E-state index >= 15 is 0 Å². The Balaban J connectivity index is 2.17. The van der Waals surface area contributed by atoms with Gasteiger partial charge >= 0.3 is 0 Å². The Hall–Kier alpha value is -1.49. The predicted octanol–water partition coefficient (Wildman–Crippen LogP) is 2.31. The zero-order valence-electron chi connectivity index (χ0n) is 9.64. The summed E-state index contributed by atoms with van der Waals surface area (Å²) < 4.78 is 2.60. The number of carbonyl (C=O) groups is 1. The Morgan fingerprint density at radius 3 is 2.82 bits per heavy atom. The predicted molar refractivity (Wildman–Crippen MR) is 67.9 cm³/mol. The van der Waals surface area contributed by atoms with Crippen LogP contribution in [0.25, 0.3) is 0 Å². The maximum atomic E-state index is 12.0. The lowest BCUT2D eigenvalue weighted by atomic mass is 10.0. The molecule has 1 heterocycles. The Labute approximate surface area is 108 Å². The summed E-state index contributed by atoms with van der Waals surface area (Å²) in [6, 6.07) is 5.58. The maximum Gasteiger partial charge on any atom is 0.168 e. The largest absolute Gasteiger partial charge is 0.294 e. The van der Waals surface area contributed by atoms with Gasteiger partial charge < -0.3 is 0 Å². The van der Waals surface area contributed by atoms with Crippen molar-refractivity contribution in [3.63, 3.8) is 0 Å². The standard InChI is InChI=1S/C12H12BrN3O/c1-8-5-9(3-4-11(8)13)12(17)6-10-7-16(2)15-14-10/h3-5,7H,6H2,1-2H3. The summed E-state index contributed by atoms with van der Waals surface area (Å²) in [5, 5.41) is 7.71. The number of aryl methyl sites for hydroxylation is 2. The van der Waals surface area contributed by atoms with Crippen LogP contribution in [0.5, 0.6) is 0 Å². The maximum absolute atomic E-state index is 12.0. The molecule has 1 aromatic heterocycles. The van der Waals surface area contributed by atoms with Crippen LogP contribution in [-0.2, 0) is 13.5 Å². The van der Waals surface area contributed by atoms with E-state index in [2.05, 4.69) is 26.2 Å². The highest BCUT2D eigenvalue weighted by atomic mass is 79.9. The van der Waals surface area contributed by atoms with Crippen molar-refractivity contribution in [3.8, 4) is 0 Å². The summed E-state index contributed by atoms with van der Waals surface area (Å²) in [6.07, 6.45) is 2.04. The van der Waals surface area contributed by atoms with Gasteiger partial charge in [0.05, 0.1) is 12.1 Å². The average Bonchev–Trinajstić information content (AvgIpc) is 2.68. The molecule has 88 valence electrons. The van der Waals surface area contributed by atoms with Gasteiger partial charge in [-0.2, -0.15) is 0 Å². The van der Waals surface area contributed by atoms with Crippen LogP contribution in [0.3, 0.4) is 0 Å². The van der Waals surface area contributed by atoms with E-state index in [9.17, 15) is 4.79 Å². The number of aromatic nitrogens is 3. The lowest BCUT2D eigenvalue weighted by Crippen LogP contribution is -2.04. The van der Waals surface area contributed by atoms with Crippen LogP contribution in [0.2, 0.25) is 0 Å². The Morgan fingerprint density at radius 2 is 2.24 bits per heavy atom. The SMILES string of the molecule is Cc1cc(C(=O)Cc2cn(C)nn2)ccc1Br. The van der Waals surface area contributed by atoms with E-state index in [1.165, 1.54) is 0 Å². The molecular formula is C12H12BrN3O. The molecule has 0 fully saturated rings. The average molecular weight is 294 g/mol. The monoisotopic (exact) mass is 293 g/mol. The van der Waals surface area contributed by atoms with E-state index < -0.39 is 0 Å². The molecule has 0 atom stereocenters. The molecule has 2 rings (SSSR count). The normalized spacial score (nSPS) is 10.5. The second-order valence-electron chi connectivity index (χ2n) is 3.95. The van der Waals surface area contributed by atoms with Crippen molar-refractivity contribution in [1.29, 1.82) is 0 Å². The minimum atomic E-state index is 0.0566. The fraction of sp³-hybridized carbons (Fsp3) is 0.250. The second-order valence-corrected chi connectivity index (χ2v) is 4.80. The van der Waals surface area contributed by atoms with E-state index in [4.69, 9.17) is 0 Å². The molecule has 0 aliphatic rings. The highest BCUT2D eigenvalue weighted by Crippen LogP contribution is 2.18. The van der Waals surface area contributed by atoms with Gasteiger partial charge in [0.2, 0.25) is 0 Å². The first-order valence-corrected chi connectivity index (χ1v) is 6.00. The molecule has 0 N–H and O–H groups in total. The molecule has 0 amide bonds. The molecule has 0 aliphatic carbocycles. The first-order valence-electron chi connectivity index (χ1n) is 5.21. The fourth-order valence-electron chi connectivity index (χ4n) is 1.56. The molecule has 0 saturated heterocycles. The fourth-order valence-corrected chi connectivity index (χ4v) is 1.81. The lowest BCUT2D eigenvalue weighted by Gasteiger charge is -2.02. The van der Waals surface area contributed by atoms with Crippen molar-refractivity contribution >= 4 is 21.7 Å². The number of benzene rings is 1. The Kier molecular flexibility index (Phi) is 3.38.